The number of carboxylic acids is 1. The van der Waals surface area contributed by atoms with Crippen molar-refractivity contribution in [2.45, 2.75) is 40.2 Å². The first-order chi connectivity index (χ1) is 9.99. The molecule has 0 aliphatic carbocycles. The van der Waals surface area contributed by atoms with Crippen molar-refractivity contribution in [1.82, 2.24) is 4.57 Å². The van der Waals surface area contributed by atoms with E-state index in [1.165, 1.54) is 5.56 Å². The van der Waals surface area contributed by atoms with Gasteiger partial charge >= 0.3 is 5.97 Å². The van der Waals surface area contributed by atoms with Crippen LogP contribution in [-0.2, 0) is 17.8 Å². The van der Waals surface area contributed by atoms with Crippen molar-refractivity contribution in [3.63, 3.8) is 0 Å². The maximum absolute atomic E-state index is 11.1. The lowest BCUT2D eigenvalue weighted by molar-refractivity contribution is -0.132. The molecule has 0 saturated heterocycles. The van der Waals surface area contributed by atoms with E-state index in [9.17, 15) is 4.79 Å². The van der Waals surface area contributed by atoms with Crippen molar-refractivity contribution in [2.24, 2.45) is 0 Å². The average Bonchev–Trinajstić information content (AvgIpc) is 2.72. The third kappa shape index (κ3) is 2.98. The Labute approximate surface area is 129 Å². The summed E-state index contributed by atoms with van der Waals surface area (Å²) in [5.41, 5.74) is 3.36. The number of hydrogen-bond donors (Lipinski definition) is 1. The molecule has 2 rings (SSSR count). The number of benzene rings is 1. The largest absolute Gasteiger partial charge is 0.478 e. The first-order valence-corrected chi connectivity index (χ1v) is 7.59. The maximum atomic E-state index is 11.1. The lowest BCUT2D eigenvalue weighted by Gasteiger charge is -2.05. The van der Waals surface area contributed by atoms with Crippen LogP contribution in [0.15, 0.2) is 23.8 Å². The molecule has 1 N–H and O–H groups in total. The second kappa shape index (κ2) is 6.35. The van der Waals surface area contributed by atoms with Gasteiger partial charge in [-0.3, -0.25) is 0 Å². The van der Waals surface area contributed by atoms with E-state index in [1.54, 1.807) is 13.0 Å². The molecule has 0 fully saturated rings. The smallest absolute Gasteiger partial charge is 0.331 e. The van der Waals surface area contributed by atoms with Gasteiger partial charge < -0.3 is 9.67 Å². The van der Waals surface area contributed by atoms with Crippen molar-refractivity contribution in [1.29, 1.82) is 0 Å². The topological polar surface area (TPSA) is 42.2 Å². The lowest BCUT2D eigenvalue weighted by Crippen LogP contribution is -1.97. The van der Waals surface area contributed by atoms with Gasteiger partial charge in [0.1, 0.15) is 5.15 Å². The molecule has 1 aromatic carbocycles. The summed E-state index contributed by atoms with van der Waals surface area (Å²) in [6.07, 6.45) is 3.58. The first-order valence-electron chi connectivity index (χ1n) is 7.21. The minimum Gasteiger partial charge on any atom is -0.478 e. The van der Waals surface area contributed by atoms with E-state index in [2.05, 4.69) is 36.6 Å². The van der Waals surface area contributed by atoms with Crippen LogP contribution in [0.25, 0.3) is 17.0 Å². The van der Waals surface area contributed by atoms with Gasteiger partial charge in [-0.05, 0) is 43.5 Å². The summed E-state index contributed by atoms with van der Waals surface area (Å²) in [6.45, 7) is 6.61. The molecule has 4 heteroatoms. The fourth-order valence-electron chi connectivity index (χ4n) is 2.47. The summed E-state index contributed by atoms with van der Waals surface area (Å²) in [5, 5.41) is 10.7. The molecule has 0 amide bonds. The van der Waals surface area contributed by atoms with Gasteiger partial charge in [0, 0.05) is 28.6 Å². The molecule has 0 aliphatic rings. The Kier molecular flexibility index (Phi) is 4.73. The highest BCUT2D eigenvalue weighted by molar-refractivity contribution is 6.33. The molecule has 112 valence electrons. The Hall–Kier alpha value is -1.74. The Morgan fingerprint density at radius 3 is 2.67 bits per heavy atom. The monoisotopic (exact) mass is 305 g/mol. The number of hydrogen-bond acceptors (Lipinski definition) is 1. The van der Waals surface area contributed by atoms with Crippen molar-refractivity contribution in [2.75, 3.05) is 0 Å². The number of halogens is 1. The van der Waals surface area contributed by atoms with E-state index in [0.29, 0.717) is 5.15 Å². The van der Waals surface area contributed by atoms with Crippen LogP contribution in [0, 0.1) is 0 Å². The molecular weight excluding hydrogens is 286 g/mol. The Morgan fingerprint density at radius 1 is 1.38 bits per heavy atom. The molecule has 3 nitrogen and oxygen atoms in total. The number of nitrogens with zero attached hydrogens (tertiary/aromatic N) is 1. The second-order valence-electron chi connectivity index (χ2n) is 5.19. The molecule has 2 aromatic rings. The number of carbonyl (C=O) groups is 1. The molecule has 0 bridgehead atoms. The normalized spacial score (nSPS) is 12.1. The molecular formula is C17H20ClNO2. The van der Waals surface area contributed by atoms with Crippen LogP contribution in [0.1, 0.15) is 38.3 Å². The molecule has 0 aliphatic heterocycles. The zero-order valence-electron chi connectivity index (χ0n) is 12.6. The molecule has 0 atom stereocenters. The predicted molar refractivity (Wildman–Crippen MR) is 87.9 cm³/mol. The second-order valence-corrected chi connectivity index (χ2v) is 5.55. The van der Waals surface area contributed by atoms with Gasteiger partial charge in [0.15, 0.2) is 0 Å². The fraction of sp³-hybridized carbons (Fsp3) is 0.353. The van der Waals surface area contributed by atoms with Gasteiger partial charge in [0.05, 0.1) is 0 Å². The standard InChI is InChI=1S/C17H20ClNO2/c1-4-8-19-15-7-6-12(5-2)10-13(15)14(16(19)18)9-11(3)17(20)21/h6-7,9-10H,4-5,8H2,1-3H3,(H,20,21)/b11-9+. The van der Waals surface area contributed by atoms with E-state index >= 15 is 0 Å². The third-order valence-electron chi connectivity index (χ3n) is 3.65. The summed E-state index contributed by atoms with van der Waals surface area (Å²) < 4.78 is 2.05. The molecule has 0 radical (unpaired) electrons. The third-order valence-corrected chi connectivity index (χ3v) is 4.06. The lowest BCUT2D eigenvalue weighted by atomic mass is 10.1. The maximum Gasteiger partial charge on any atom is 0.331 e. The van der Waals surface area contributed by atoms with Gasteiger partial charge in [-0.2, -0.15) is 0 Å². The summed E-state index contributed by atoms with van der Waals surface area (Å²) in [7, 11) is 0. The highest BCUT2D eigenvalue weighted by Crippen LogP contribution is 2.33. The van der Waals surface area contributed by atoms with Gasteiger partial charge in [-0.1, -0.05) is 31.5 Å². The first kappa shape index (κ1) is 15.6. The zero-order chi connectivity index (χ0) is 15.6. The quantitative estimate of drug-likeness (QED) is 0.810. The predicted octanol–water partition coefficient (Wildman–Crippen LogP) is 4.76. The van der Waals surface area contributed by atoms with Crippen LogP contribution in [0.2, 0.25) is 5.15 Å². The number of rotatable bonds is 5. The summed E-state index contributed by atoms with van der Waals surface area (Å²) >= 11 is 6.50. The van der Waals surface area contributed by atoms with Crippen molar-refractivity contribution in [3.8, 4) is 0 Å². The highest BCUT2D eigenvalue weighted by atomic mass is 35.5. The van der Waals surface area contributed by atoms with Crippen LogP contribution in [-0.4, -0.2) is 15.6 Å². The van der Waals surface area contributed by atoms with Gasteiger partial charge in [0.25, 0.3) is 0 Å². The van der Waals surface area contributed by atoms with Gasteiger partial charge in [0.2, 0.25) is 0 Å². The number of aliphatic carboxylic acids is 1. The summed E-state index contributed by atoms with van der Waals surface area (Å²) in [5.74, 6) is -0.922. The van der Waals surface area contributed by atoms with Crippen LogP contribution in [0.3, 0.4) is 0 Å². The number of fused-ring (bicyclic) bond motifs is 1. The van der Waals surface area contributed by atoms with Crippen molar-refractivity contribution in [3.05, 3.63) is 40.1 Å². The number of aryl methyl sites for hydroxylation is 2. The zero-order valence-corrected chi connectivity index (χ0v) is 13.4. The molecule has 21 heavy (non-hydrogen) atoms. The molecule has 0 saturated carbocycles. The van der Waals surface area contributed by atoms with E-state index in [4.69, 9.17) is 16.7 Å². The molecule has 0 unspecified atom stereocenters. The van der Waals surface area contributed by atoms with Crippen LogP contribution >= 0.6 is 11.6 Å². The Balaban J connectivity index is 2.75. The average molecular weight is 306 g/mol. The minimum absolute atomic E-state index is 0.286. The number of aromatic nitrogens is 1. The van der Waals surface area contributed by atoms with Crippen LogP contribution in [0.4, 0.5) is 0 Å². The molecule has 1 heterocycles. The van der Waals surface area contributed by atoms with Crippen LogP contribution in [0.5, 0.6) is 0 Å². The number of carboxylic acid groups (broad SMARTS) is 1. The van der Waals surface area contributed by atoms with E-state index in [-0.39, 0.29) is 5.57 Å². The fourth-order valence-corrected chi connectivity index (χ4v) is 2.81. The molecule has 1 aromatic heterocycles. The van der Waals surface area contributed by atoms with E-state index in [0.717, 1.165) is 35.9 Å². The minimum atomic E-state index is -0.922. The molecule has 0 spiro atoms. The Bertz CT molecular complexity index is 713. The van der Waals surface area contributed by atoms with E-state index < -0.39 is 5.97 Å². The van der Waals surface area contributed by atoms with Crippen LogP contribution < -0.4 is 0 Å². The summed E-state index contributed by atoms with van der Waals surface area (Å²) in [4.78, 5) is 11.1. The van der Waals surface area contributed by atoms with Gasteiger partial charge in [-0.25, -0.2) is 4.79 Å². The van der Waals surface area contributed by atoms with Gasteiger partial charge in [-0.15, -0.1) is 0 Å². The SMILES string of the molecule is CCCn1c(Cl)c(/C=C(\C)C(=O)O)c2cc(CC)ccc21. The Morgan fingerprint density at radius 2 is 2.10 bits per heavy atom. The van der Waals surface area contributed by atoms with Crippen molar-refractivity contribution < 1.29 is 9.90 Å². The summed E-state index contributed by atoms with van der Waals surface area (Å²) in [6, 6.07) is 6.28. The van der Waals surface area contributed by atoms with E-state index in [1.807, 2.05) is 0 Å². The van der Waals surface area contributed by atoms with Crippen molar-refractivity contribution >= 4 is 34.5 Å². The highest BCUT2D eigenvalue weighted by Gasteiger charge is 2.15.